The van der Waals surface area contributed by atoms with Crippen LogP contribution in [0.4, 0.5) is 11.4 Å². The third kappa shape index (κ3) is 4.31. The molecule has 0 bridgehead atoms. The maximum Gasteiger partial charge on any atom is 0.292 e. The van der Waals surface area contributed by atoms with E-state index in [1.54, 1.807) is 19.2 Å². The number of benzene rings is 2. The van der Waals surface area contributed by atoms with Crippen LogP contribution in [0.25, 0.3) is 0 Å². The van der Waals surface area contributed by atoms with Crippen molar-refractivity contribution in [1.82, 2.24) is 4.90 Å². The Bertz CT molecular complexity index is 676. The van der Waals surface area contributed by atoms with Crippen molar-refractivity contribution in [3.05, 3.63) is 69.8 Å². The summed E-state index contributed by atoms with van der Waals surface area (Å²) in [5.41, 5.74) is 2.56. The van der Waals surface area contributed by atoms with Crippen LogP contribution in [-0.2, 0) is 6.54 Å². The third-order valence-corrected chi connectivity index (χ3v) is 4.08. The van der Waals surface area contributed by atoms with Crippen molar-refractivity contribution in [2.24, 2.45) is 0 Å². The van der Waals surface area contributed by atoms with Crippen LogP contribution in [0.3, 0.4) is 0 Å². The molecule has 1 atom stereocenters. The van der Waals surface area contributed by atoms with Crippen molar-refractivity contribution in [3.63, 3.8) is 0 Å². The first-order valence-corrected chi connectivity index (χ1v) is 7.88. The van der Waals surface area contributed by atoms with E-state index >= 15 is 0 Å². The second-order valence-corrected chi connectivity index (χ2v) is 5.71. The van der Waals surface area contributed by atoms with Crippen LogP contribution in [0.1, 0.15) is 23.6 Å². The van der Waals surface area contributed by atoms with Crippen molar-refractivity contribution in [2.75, 3.05) is 26.0 Å². The van der Waals surface area contributed by atoms with Gasteiger partial charge in [-0.2, -0.15) is 0 Å². The molecule has 24 heavy (non-hydrogen) atoms. The zero-order chi connectivity index (χ0) is 17.5. The number of aliphatic hydroxyl groups is 1. The van der Waals surface area contributed by atoms with Gasteiger partial charge in [0.1, 0.15) is 5.69 Å². The summed E-state index contributed by atoms with van der Waals surface area (Å²) in [6.07, 6.45) is 0.608. The Kier molecular flexibility index (Phi) is 6.28. The van der Waals surface area contributed by atoms with Crippen LogP contribution in [0.15, 0.2) is 48.5 Å². The fourth-order valence-electron chi connectivity index (χ4n) is 2.88. The van der Waals surface area contributed by atoms with Crippen LogP contribution < -0.4 is 5.32 Å². The van der Waals surface area contributed by atoms with Crippen LogP contribution in [0, 0.1) is 10.1 Å². The van der Waals surface area contributed by atoms with Crippen molar-refractivity contribution in [3.8, 4) is 0 Å². The number of aliphatic hydroxyl groups excluding tert-OH is 1. The molecule has 0 aliphatic heterocycles. The smallest absolute Gasteiger partial charge is 0.292 e. The second-order valence-electron chi connectivity index (χ2n) is 5.71. The fraction of sp³-hybridized carbons (Fsp3) is 0.333. The summed E-state index contributed by atoms with van der Waals surface area (Å²) >= 11 is 0. The fourth-order valence-corrected chi connectivity index (χ4v) is 2.88. The van der Waals surface area contributed by atoms with Gasteiger partial charge in [0.25, 0.3) is 5.69 Å². The van der Waals surface area contributed by atoms with Crippen molar-refractivity contribution in [2.45, 2.75) is 19.0 Å². The summed E-state index contributed by atoms with van der Waals surface area (Å²) in [6.45, 7) is 0.646. The zero-order valence-electron chi connectivity index (χ0n) is 14.0. The average Bonchev–Trinajstić information content (AvgIpc) is 2.60. The third-order valence-electron chi connectivity index (χ3n) is 4.08. The molecule has 1 unspecified atom stereocenters. The number of nitro benzene ring substituents is 1. The summed E-state index contributed by atoms with van der Waals surface area (Å²) in [6, 6.07) is 15.2. The second kappa shape index (κ2) is 8.42. The van der Waals surface area contributed by atoms with Crippen molar-refractivity contribution < 1.29 is 10.0 Å². The molecule has 0 heterocycles. The van der Waals surface area contributed by atoms with E-state index in [0.29, 0.717) is 18.7 Å². The first-order chi connectivity index (χ1) is 11.6. The van der Waals surface area contributed by atoms with Crippen LogP contribution >= 0.6 is 0 Å². The maximum absolute atomic E-state index is 11.2. The minimum absolute atomic E-state index is 0.0548. The Morgan fingerprint density at radius 2 is 1.96 bits per heavy atom. The lowest BCUT2D eigenvalue weighted by molar-refractivity contribution is -0.384. The van der Waals surface area contributed by atoms with E-state index in [1.807, 2.05) is 43.4 Å². The molecule has 2 N–H and O–H groups in total. The summed E-state index contributed by atoms with van der Waals surface area (Å²) in [5.74, 6) is 0. The standard InChI is InChI=1S/C18H23N3O3/c1-19-16-9-8-14(12-18(16)21(23)24)13-20(2)17(10-11-22)15-6-4-3-5-7-15/h3-9,12,17,19,22H,10-11,13H2,1-2H3. The van der Waals surface area contributed by atoms with Gasteiger partial charge in [-0.3, -0.25) is 15.0 Å². The number of nitro groups is 1. The Hall–Kier alpha value is -2.44. The number of anilines is 1. The number of nitrogens with one attached hydrogen (secondary N) is 1. The number of nitrogens with zero attached hydrogens (tertiary/aromatic N) is 2. The van der Waals surface area contributed by atoms with Crippen LogP contribution in [0.5, 0.6) is 0 Å². The molecule has 0 saturated carbocycles. The van der Waals surface area contributed by atoms with Gasteiger partial charge in [0.2, 0.25) is 0 Å². The minimum Gasteiger partial charge on any atom is -0.396 e. The molecule has 0 amide bonds. The molecule has 0 aromatic heterocycles. The maximum atomic E-state index is 11.2. The molecular weight excluding hydrogens is 306 g/mol. The van der Waals surface area contributed by atoms with E-state index in [1.165, 1.54) is 0 Å². The van der Waals surface area contributed by atoms with Crippen LogP contribution in [-0.4, -0.2) is 35.6 Å². The molecule has 6 heteroatoms. The van der Waals surface area contributed by atoms with E-state index in [4.69, 9.17) is 0 Å². The van der Waals surface area contributed by atoms with Gasteiger partial charge in [-0.05, 0) is 30.7 Å². The highest BCUT2D eigenvalue weighted by atomic mass is 16.6. The molecule has 128 valence electrons. The van der Waals surface area contributed by atoms with Crippen molar-refractivity contribution >= 4 is 11.4 Å². The largest absolute Gasteiger partial charge is 0.396 e. The molecular formula is C18H23N3O3. The van der Waals surface area contributed by atoms with Gasteiger partial charge in [-0.15, -0.1) is 0 Å². The Morgan fingerprint density at radius 1 is 1.25 bits per heavy atom. The topological polar surface area (TPSA) is 78.6 Å². The molecule has 0 aliphatic rings. The minimum atomic E-state index is -0.377. The normalized spacial score (nSPS) is 12.2. The first-order valence-electron chi connectivity index (χ1n) is 7.88. The Labute approximate surface area is 141 Å². The molecule has 0 fully saturated rings. The highest BCUT2D eigenvalue weighted by molar-refractivity contribution is 5.62. The van der Waals surface area contributed by atoms with Gasteiger partial charge >= 0.3 is 0 Å². The first kappa shape index (κ1) is 17.9. The highest BCUT2D eigenvalue weighted by Gasteiger charge is 2.19. The lowest BCUT2D eigenvalue weighted by Gasteiger charge is -2.28. The molecule has 0 spiro atoms. The Morgan fingerprint density at radius 3 is 2.54 bits per heavy atom. The van der Waals surface area contributed by atoms with Gasteiger partial charge in [0.05, 0.1) is 4.92 Å². The van der Waals surface area contributed by atoms with E-state index in [9.17, 15) is 15.2 Å². The van der Waals surface area contributed by atoms with E-state index in [0.717, 1.165) is 11.1 Å². The zero-order valence-corrected chi connectivity index (χ0v) is 14.0. The number of hydrogen-bond donors (Lipinski definition) is 2. The summed E-state index contributed by atoms with van der Waals surface area (Å²) < 4.78 is 0. The van der Waals surface area contributed by atoms with Crippen LogP contribution in [0.2, 0.25) is 0 Å². The van der Waals surface area contributed by atoms with Gasteiger partial charge in [0.15, 0.2) is 0 Å². The predicted octanol–water partition coefficient (Wildman–Crippen LogP) is 3.19. The SMILES string of the molecule is CNc1ccc(CN(C)C(CCO)c2ccccc2)cc1[N+](=O)[O-]. The van der Waals surface area contributed by atoms with Gasteiger partial charge < -0.3 is 10.4 Å². The summed E-state index contributed by atoms with van der Waals surface area (Å²) in [7, 11) is 3.63. The molecule has 0 aliphatic carbocycles. The van der Waals surface area contributed by atoms with E-state index in [2.05, 4.69) is 10.2 Å². The molecule has 2 aromatic rings. The number of hydrogen-bond acceptors (Lipinski definition) is 5. The van der Waals surface area contributed by atoms with Gasteiger partial charge in [0, 0.05) is 32.3 Å². The lowest BCUT2D eigenvalue weighted by atomic mass is 10.0. The van der Waals surface area contributed by atoms with E-state index in [-0.39, 0.29) is 23.3 Å². The van der Waals surface area contributed by atoms with E-state index < -0.39 is 0 Å². The monoisotopic (exact) mass is 329 g/mol. The van der Waals surface area contributed by atoms with Gasteiger partial charge in [-0.25, -0.2) is 0 Å². The predicted molar refractivity (Wildman–Crippen MR) is 95.0 cm³/mol. The van der Waals surface area contributed by atoms with Gasteiger partial charge in [-0.1, -0.05) is 36.4 Å². The molecule has 2 rings (SSSR count). The quantitative estimate of drug-likeness (QED) is 0.574. The highest BCUT2D eigenvalue weighted by Crippen LogP contribution is 2.28. The molecule has 0 radical (unpaired) electrons. The molecule has 0 saturated heterocycles. The number of rotatable bonds is 8. The molecule has 6 nitrogen and oxygen atoms in total. The summed E-state index contributed by atoms with van der Waals surface area (Å²) in [4.78, 5) is 12.9. The average molecular weight is 329 g/mol. The summed E-state index contributed by atoms with van der Waals surface area (Å²) in [5, 5.41) is 23.4. The lowest BCUT2D eigenvalue weighted by Crippen LogP contribution is -2.25. The Balaban J connectivity index is 2.22. The molecule has 2 aromatic carbocycles. The van der Waals surface area contributed by atoms with Crippen molar-refractivity contribution in [1.29, 1.82) is 0 Å².